The molecule has 0 fully saturated rings. The highest BCUT2D eigenvalue weighted by Gasteiger charge is 2.15. The predicted octanol–water partition coefficient (Wildman–Crippen LogP) is 1.18. The molecule has 0 aliphatic heterocycles. The molecule has 0 aliphatic carbocycles. The number of nitrogens with zero attached hydrogens (tertiary/aromatic N) is 1. The Labute approximate surface area is 150 Å². The van der Waals surface area contributed by atoms with E-state index in [0.29, 0.717) is 22.7 Å². The van der Waals surface area contributed by atoms with Crippen molar-refractivity contribution < 1.29 is 24.3 Å². The van der Waals surface area contributed by atoms with Crippen LogP contribution in [0, 0.1) is 0 Å². The standard InChI is InChI=1S/C18H17BN2O5/c1-25-13-6-7-14-15(9-13)21-16(10-17(14)26-2)18(22)20-12-5-3-4-11(8-12)19(23)24/h3-10,23-24H,1-2H3,(H,20,22). The van der Waals surface area contributed by atoms with Crippen LogP contribution in [0.5, 0.6) is 11.5 Å². The third-order valence-electron chi connectivity index (χ3n) is 3.87. The van der Waals surface area contributed by atoms with Gasteiger partial charge in [-0.3, -0.25) is 4.79 Å². The van der Waals surface area contributed by atoms with Gasteiger partial charge in [0.25, 0.3) is 5.91 Å². The van der Waals surface area contributed by atoms with E-state index in [1.54, 1.807) is 43.5 Å². The summed E-state index contributed by atoms with van der Waals surface area (Å²) in [7, 11) is 1.46. The van der Waals surface area contributed by atoms with Crippen LogP contribution in [0.4, 0.5) is 5.69 Å². The second-order valence-corrected chi connectivity index (χ2v) is 5.55. The Balaban J connectivity index is 1.96. The number of rotatable bonds is 5. The first-order valence-electron chi connectivity index (χ1n) is 7.82. The summed E-state index contributed by atoms with van der Waals surface area (Å²) in [4.78, 5) is 17.0. The fraction of sp³-hybridized carbons (Fsp3) is 0.111. The van der Waals surface area contributed by atoms with Gasteiger partial charge in [0.1, 0.15) is 17.2 Å². The highest BCUT2D eigenvalue weighted by Crippen LogP contribution is 2.28. The number of carbonyl (C=O) groups excluding carboxylic acids is 1. The summed E-state index contributed by atoms with van der Waals surface area (Å²) in [6, 6.07) is 13.2. The van der Waals surface area contributed by atoms with Crippen LogP contribution in [0.1, 0.15) is 10.5 Å². The molecule has 1 aromatic heterocycles. The zero-order chi connectivity index (χ0) is 18.7. The number of fused-ring (bicyclic) bond motifs is 1. The maximum atomic E-state index is 12.6. The number of hydrogen-bond acceptors (Lipinski definition) is 6. The fourth-order valence-electron chi connectivity index (χ4n) is 2.56. The lowest BCUT2D eigenvalue weighted by molar-refractivity contribution is 0.102. The van der Waals surface area contributed by atoms with E-state index in [9.17, 15) is 14.8 Å². The zero-order valence-corrected chi connectivity index (χ0v) is 14.3. The number of ether oxygens (including phenoxy) is 2. The molecule has 26 heavy (non-hydrogen) atoms. The molecule has 3 aromatic rings. The van der Waals surface area contributed by atoms with Gasteiger partial charge in [0.2, 0.25) is 0 Å². The number of carbonyl (C=O) groups is 1. The lowest BCUT2D eigenvalue weighted by atomic mass is 9.80. The molecule has 3 N–H and O–H groups in total. The van der Waals surface area contributed by atoms with Gasteiger partial charge in [0.15, 0.2) is 0 Å². The third kappa shape index (κ3) is 3.61. The van der Waals surface area contributed by atoms with Crippen molar-refractivity contribution in [2.45, 2.75) is 0 Å². The monoisotopic (exact) mass is 352 g/mol. The zero-order valence-electron chi connectivity index (χ0n) is 14.3. The molecule has 0 aliphatic rings. The molecule has 1 heterocycles. The molecule has 0 unspecified atom stereocenters. The highest BCUT2D eigenvalue weighted by molar-refractivity contribution is 6.58. The van der Waals surface area contributed by atoms with Crippen molar-refractivity contribution >= 4 is 35.1 Å². The van der Waals surface area contributed by atoms with Gasteiger partial charge < -0.3 is 24.8 Å². The summed E-state index contributed by atoms with van der Waals surface area (Å²) in [6.45, 7) is 0. The summed E-state index contributed by atoms with van der Waals surface area (Å²) < 4.78 is 10.6. The van der Waals surface area contributed by atoms with Crippen LogP contribution in [-0.4, -0.2) is 42.3 Å². The molecule has 0 bridgehead atoms. The first kappa shape index (κ1) is 17.7. The number of nitrogens with one attached hydrogen (secondary N) is 1. The van der Waals surface area contributed by atoms with Crippen molar-refractivity contribution in [3.63, 3.8) is 0 Å². The smallest absolute Gasteiger partial charge is 0.488 e. The highest BCUT2D eigenvalue weighted by atomic mass is 16.5. The summed E-state index contributed by atoms with van der Waals surface area (Å²) in [5.41, 5.74) is 1.43. The van der Waals surface area contributed by atoms with Crippen molar-refractivity contribution in [1.82, 2.24) is 4.98 Å². The average molecular weight is 352 g/mol. The van der Waals surface area contributed by atoms with Crippen molar-refractivity contribution in [2.24, 2.45) is 0 Å². The normalized spacial score (nSPS) is 10.5. The molecular weight excluding hydrogens is 335 g/mol. The van der Waals surface area contributed by atoms with E-state index < -0.39 is 13.0 Å². The van der Waals surface area contributed by atoms with Crippen molar-refractivity contribution in [3.8, 4) is 11.5 Å². The van der Waals surface area contributed by atoms with E-state index in [-0.39, 0.29) is 11.2 Å². The Hall–Kier alpha value is -3.10. The number of methoxy groups -OCH3 is 2. The maximum absolute atomic E-state index is 12.6. The molecule has 0 saturated carbocycles. The SMILES string of the molecule is COc1ccc2c(OC)cc(C(=O)Nc3cccc(B(O)O)c3)nc2c1. The summed E-state index contributed by atoms with van der Waals surface area (Å²) in [5.74, 6) is 0.689. The van der Waals surface area contributed by atoms with Gasteiger partial charge in [0, 0.05) is 23.2 Å². The molecule has 7 nitrogen and oxygen atoms in total. The lowest BCUT2D eigenvalue weighted by Crippen LogP contribution is -2.30. The molecular formula is C18H17BN2O5. The van der Waals surface area contributed by atoms with Crippen molar-refractivity contribution in [1.29, 1.82) is 0 Å². The second kappa shape index (κ2) is 7.43. The Morgan fingerprint density at radius 2 is 1.88 bits per heavy atom. The molecule has 0 atom stereocenters. The van der Waals surface area contributed by atoms with Gasteiger partial charge in [-0.25, -0.2) is 4.98 Å². The Morgan fingerprint density at radius 3 is 2.58 bits per heavy atom. The minimum atomic E-state index is -1.61. The average Bonchev–Trinajstić information content (AvgIpc) is 2.66. The van der Waals surface area contributed by atoms with Crippen LogP contribution in [0.3, 0.4) is 0 Å². The number of amides is 1. The van der Waals surface area contributed by atoms with Crippen LogP contribution < -0.4 is 20.3 Å². The first-order chi connectivity index (χ1) is 12.5. The Kier molecular flexibility index (Phi) is 5.06. The van der Waals surface area contributed by atoms with E-state index in [2.05, 4.69) is 10.3 Å². The molecule has 1 amide bonds. The van der Waals surface area contributed by atoms with Crippen LogP contribution in [-0.2, 0) is 0 Å². The quantitative estimate of drug-likeness (QED) is 0.597. The Morgan fingerprint density at radius 1 is 1.08 bits per heavy atom. The van der Waals surface area contributed by atoms with Crippen LogP contribution in [0.15, 0.2) is 48.5 Å². The van der Waals surface area contributed by atoms with E-state index in [1.807, 2.05) is 6.07 Å². The number of aromatic nitrogens is 1. The molecule has 0 saturated heterocycles. The number of anilines is 1. The lowest BCUT2D eigenvalue weighted by Gasteiger charge is -2.11. The van der Waals surface area contributed by atoms with Crippen molar-refractivity contribution in [3.05, 3.63) is 54.2 Å². The fourth-order valence-corrected chi connectivity index (χ4v) is 2.56. The molecule has 2 aromatic carbocycles. The van der Waals surface area contributed by atoms with Crippen LogP contribution in [0.25, 0.3) is 10.9 Å². The van der Waals surface area contributed by atoms with E-state index in [0.717, 1.165) is 5.39 Å². The molecule has 132 valence electrons. The van der Waals surface area contributed by atoms with E-state index in [1.165, 1.54) is 13.2 Å². The third-order valence-corrected chi connectivity index (χ3v) is 3.87. The van der Waals surface area contributed by atoms with E-state index in [4.69, 9.17) is 9.47 Å². The largest absolute Gasteiger partial charge is 0.497 e. The summed E-state index contributed by atoms with van der Waals surface area (Å²) >= 11 is 0. The number of pyridine rings is 1. The second-order valence-electron chi connectivity index (χ2n) is 5.55. The van der Waals surface area contributed by atoms with Gasteiger partial charge in [0.05, 0.1) is 19.7 Å². The van der Waals surface area contributed by atoms with E-state index >= 15 is 0 Å². The molecule has 8 heteroatoms. The summed E-state index contributed by atoms with van der Waals surface area (Å²) in [6.07, 6.45) is 0. The number of benzene rings is 2. The van der Waals surface area contributed by atoms with Gasteiger partial charge in [-0.2, -0.15) is 0 Å². The maximum Gasteiger partial charge on any atom is 0.488 e. The Bertz CT molecular complexity index is 961. The number of hydrogen-bond donors (Lipinski definition) is 3. The minimum absolute atomic E-state index is 0.164. The molecule has 0 spiro atoms. The molecule has 0 radical (unpaired) electrons. The first-order valence-corrected chi connectivity index (χ1v) is 7.82. The molecule has 3 rings (SSSR count). The predicted molar refractivity (Wildman–Crippen MR) is 99.1 cm³/mol. The topological polar surface area (TPSA) is 101 Å². The van der Waals surface area contributed by atoms with Crippen molar-refractivity contribution in [2.75, 3.05) is 19.5 Å². The minimum Gasteiger partial charge on any atom is -0.497 e. The van der Waals surface area contributed by atoms with Gasteiger partial charge >= 0.3 is 7.12 Å². The summed E-state index contributed by atoms with van der Waals surface area (Å²) in [5, 5.41) is 21.9. The van der Waals surface area contributed by atoms with Gasteiger partial charge in [-0.15, -0.1) is 0 Å². The van der Waals surface area contributed by atoms with Crippen LogP contribution >= 0.6 is 0 Å². The van der Waals surface area contributed by atoms with Gasteiger partial charge in [-0.1, -0.05) is 12.1 Å². The van der Waals surface area contributed by atoms with Crippen LogP contribution in [0.2, 0.25) is 0 Å². The van der Waals surface area contributed by atoms with Gasteiger partial charge in [-0.05, 0) is 29.7 Å².